The molecule has 0 unspecified atom stereocenters. The highest BCUT2D eigenvalue weighted by Gasteiger charge is 2.23. The number of carbonyl (C=O) groups excluding carboxylic acids is 1. The molecule has 0 spiro atoms. The molecule has 0 N–H and O–H groups in total. The zero-order valence-corrected chi connectivity index (χ0v) is 20.0. The second-order valence-electron chi connectivity index (χ2n) is 8.93. The molecule has 1 fully saturated rings. The van der Waals surface area contributed by atoms with E-state index >= 15 is 0 Å². The monoisotopic (exact) mass is 454 g/mol. The molecule has 1 amide bonds. The van der Waals surface area contributed by atoms with E-state index in [2.05, 4.69) is 48.1 Å². The number of nitrogens with zero attached hydrogens (tertiary/aromatic N) is 4. The van der Waals surface area contributed by atoms with Crippen LogP contribution in [-0.4, -0.2) is 53.9 Å². The number of amides is 1. The highest BCUT2D eigenvalue weighted by molar-refractivity contribution is 5.98. The van der Waals surface area contributed by atoms with Crippen molar-refractivity contribution < 1.29 is 9.53 Å². The molecule has 3 aromatic carbocycles. The number of anilines is 1. The van der Waals surface area contributed by atoms with Crippen LogP contribution in [0.5, 0.6) is 5.75 Å². The maximum absolute atomic E-state index is 13.3. The van der Waals surface area contributed by atoms with Crippen molar-refractivity contribution in [3.05, 3.63) is 89.1 Å². The highest BCUT2D eigenvalue weighted by atomic mass is 16.5. The Kier molecular flexibility index (Phi) is 5.97. The standard InChI is InChI=1S/C28H30N4O2/c1-20-6-4-9-26(21(20)2)30-12-14-31(15-13-30)28(33)23-10-11-24-18-29-32(27(24)17-23)19-22-7-5-8-25(16-22)34-3/h4-11,16-18H,12-15,19H2,1-3H3. The van der Waals surface area contributed by atoms with Gasteiger partial charge in [-0.1, -0.05) is 30.3 Å². The number of aryl methyl sites for hydroxylation is 1. The van der Waals surface area contributed by atoms with Crippen LogP contribution in [0.1, 0.15) is 27.0 Å². The molecule has 1 saturated heterocycles. The zero-order chi connectivity index (χ0) is 23.7. The lowest BCUT2D eigenvalue weighted by molar-refractivity contribution is 0.0747. The quantitative estimate of drug-likeness (QED) is 0.440. The number of ether oxygens (including phenoxy) is 1. The average Bonchev–Trinajstić information content (AvgIpc) is 3.27. The van der Waals surface area contributed by atoms with Crippen LogP contribution in [0, 0.1) is 13.8 Å². The van der Waals surface area contributed by atoms with Gasteiger partial charge in [-0.3, -0.25) is 9.48 Å². The number of hydrogen-bond acceptors (Lipinski definition) is 4. The molecule has 1 aliphatic rings. The molecule has 0 atom stereocenters. The fourth-order valence-corrected chi connectivity index (χ4v) is 4.68. The van der Waals surface area contributed by atoms with Crippen molar-refractivity contribution in [3.8, 4) is 5.75 Å². The lowest BCUT2D eigenvalue weighted by Gasteiger charge is -2.37. The van der Waals surface area contributed by atoms with Crippen LogP contribution < -0.4 is 9.64 Å². The van der Waals surface area contributed by atoms with Gasteiger partial charge in [0.15, 0.2) is 0 Å². The Labute approximate surface area is 200 Å². The van der Waals surface area contributed by atoms with Gasteiger partial charge in [-0.2, -0.15) is 5.10 Å². The minimum atomic E-state index is 0.0802. The molecule has 2 heterocycles. The summed E-state index contributed by atoms with van der Waals surface area (Å²) in [6.07, 6.45) is 1.85. The molecule has 6 nitrogen and oxygen atoms in total. The number of methoxy groups -OCH3 is 1. The number of piperazine rings is 1. The normalized spacial score (nSPS) is 14.0. The maximum Gasteiger partial charge on any atom is 0.254 e. The largest absolute Gasteiger partial charge is 0.497 e. The first-order chi connectivity index (χ1) is 16.5. The molecule has 0 saturated carbocycles. The van der Waals surface area contributed by atoms with Crippen molar-refractivity contribution in [2.75, 3.05) is 38.2 Å². The van der Waals surface area contributed by atoms with E-state index in [0.717, 1.165) is 35.3 Å². The number of rotatable bonds is 5. The zero-order valence-electron chi connectivity index (χ0n) is 20.0. The number of hydrogen-bond donors (Lipinski definition) is 0. The van der Waals surface area contributed by atoms with Gasteiger partial charge < -0.3 is 14.5 Å². The van der Waals surface area contributed by atoms with Crippen molar-refractivity contribution >= 4 is 22.5 Å². The number of aromatic nitrogens is 2. The molecule has 174 valence electrons. The van der Waals surface area contributed by atoms with Crippen LogP contribution in [0.3, 0.4) is 0 Å². The third-order valence-electron chi connectivity index (χ3n) is 6.84. The Bertz CT molecular complexity index is 1340. The average molecular weight is 455 g/mol. The SMILES string of the molecule is COc1cccc(Cn2ncc3ccc(C(=O)N4CCN(c5cccc(C)c5C)CC4)cc32)c1. The van der Waals surface area contributed by atoms with E-state index in [4.69, 9.17) is 4.74 Å². The first-order valence-electron chi connectivity index (χ1n) is 11.7. The Morgan fingerprint density at radius 3 is 2.56 bits per heavy atom. The van der Waals surface area contributed by atoms with Crippen LogP contribution >= 0.6 is 0 Å². The molecule has 1 aromatic heterocycles. The molecular formula is C28H30N4O2. The first kappa shape index (κ1) is 22.0. The van der Waals surface area contributed by atoms with Gasteiger partial charge in [-0.05, 0) is 60.9 Å². The topological polar surface area (TPSA) is 50.6 Å². The Hall–Kier alpha value is -3.80. The van der Waals surface area contributed by atoms with Gasteiger partial charge in [0.2, 0.25) is 0 Å². The summed E-state index contributed by atoms with van der Waals surface area (Å²) >= 11 is 0. The van der Waals surface area contributed by atoms with Gasteiger partial charge in [0.25, 0.3) is 5.91 Å². The third-order valence-corrected chi connectivity index (χ3v) is 6.84. The second-order valence-corrected chi connectivity index (χ2v) is 8.93. The summed E-state index contributed by atoms with van der Waals surface area (Å²) in [5.74, 6) is 0.904. The summed E-state index contributed by atoms with van der Waals surface area (Å²) in [6.45, 7) is 8.05. The van der Waals surface area contributed by atoms with E-state index in [1.807, 2.05) is 52.2 Å². The van der Waals surface area contributed by atoms with Crippen molar-refractivity contribution in [1.29, 1.82) is 0 Å². The van der Waals surface area contributed by atoms with Crippen molar-refractivity contribution in [3.63, 3.8) is 0 Å². The first-order valence-corrected chi connectivity index (χ1v) is 11.7. The highest BCUT2D eigenvalue weighted by Crippen LogP contribution is 2.25. The lowest BCUT2D eigenvalue weighted by Crippen LogP contribution is -2.49. The van der Waals surface area contributed by atoms with Crippen LogP contribution in [0.25, 0.3) is 10.9 Å². The maximum atomic E-state index is 13.3. The molecule has 6 heteroatoms. The molecule has 0 bridgehead atoms. The predicted molar refractivity (Wildman–Crippen MR) is 136 cm³/mol. The minimum Gasteiger partial charge on any atom is -0.497 e. The Balaban J connectivity index is 1.32. The van der Waals surface area contributed by atoms with E-state index in [9.17, 15) is 4.79 Å². The number of fused-ring (bicyclic) bond motifs is 1. The van der Waals surface area contributed by atoms with Crippen molar-refractivity contribution in [2.24, 2.45) is 0 Å². The molecular weight excluding hydrogens is 424 g/mol. The van der Waals surface area contributed by atoms with E-state index in [1.165, 1.54) is 16.8 Å². The van der Waals surface area contributed by atoms with Gasteiger partial charge in [0.1, 0.15) is 5.75 Å². The summed E-state index contributed by atoms with van der Waals surface area (Å²) in [5.41, 5.74) is 6.66. The minimum absolute atomic E-state index is 0.0802. The molecule has 1 aliphatic heterocycles. The number of carbonyl (C=O) groups is 1. The van der Waals surface area contributed by atoms with Gasteiger partial charge in [-0.15, -0.1) is 0 Å². The Morgan fingerprint density at radius 2 is 1.76 bits per heavy atom. The van der Waals surface area contributed by atoms with Crippen LogP contribution in [0.4, 0.5) is 5.69 Å². The Morgan fingerprint density at radius 1 is 0.971 bits per heavy atom. The summed E-state index contributed by atoms with van der Waals surface area (Å²) < 4.78 is 7.29. The van der Waals surface area contributed by atoms with E-state index < -0.39 is 0 Å². The van der Waals surface area contributed by atoms with E-state index in [-0.39, 0.29) is 5.91 Å². The van der Waals surface area contributed by atoms with Gasteiger partial charge in [-0.25, -0.2) is 0 Å². The van der Waals surface area contributed by atoms with Crippen molar-refractivity contribution in [2.45, 2.75) is 20.4 Å². The molecule has 5 rings (SSSR count). The van der Waals surface area contributed by atoms with Crippen LogP contribution in [0.15, 0.2) is 66.9 Å². The van der Waals surface area contributed by atoms with E-state index in [1.54, 1.807) is 7.11 Å². The summed E-state index contributed by atoms with van der Waals surface area (Å²) in [6, 6.07) is 20.3. The second kappa shape index (κ2) is 9.21. The van der Waals surface area contributed by atoms with Gasteiger partial charge >= 0.3 is 0 Å². The van der Waals surface area contributed by atoms with Crippen LogP contribution in [0.2, 0.25) is 0 Å². The van der Waals surface area contributed by atoms with Crippen LogP contribution in [-0.2, 0) is 6.54 Å². The smallest absolute Gasteiger partial charge is 0.254 e. The molecule has 0 aliphatic carbocycles. The molecule has 0 radical (unpaired) electrons. The van der Waals surface area contributed by atoms with Gasteiger partial charge in [0, 0.05) is 42.8 Å². The molecule has 4 aromatic rings. The number of benzene rings is 3. The third kappa shape index (κ3) is 4.23. The predicted octanol–water partition coefficient (Wildman–Crippen LogP) is 4.67. The summed E-state index contributed by atoms with van der Waals surface area (Å²) in [5, 5.41) is 5.59. The fourth-order valence-electron chi connectivity index (χ4n) is 4.68. The lowest BCUT2D eigenvalue weighted by atomic mass is 10.1. The van der Waals surface area contributed by atoms with Crippen molar-refractivity contribution in [1.82, 2.24) is 14.7 Å². The fraction of sp³-hybridized carbons (Fsp3) is 0.286. The van der Waals surface area contributed by atoms with E-state index in [0.29, 0.717) is 25.2 Å². The van der Waals surface area contributed by atoms with Gasteiger partial charge in [0.05, 0.1) is 25.4 Å². The summed E-state index contributed by atoms with van der Waals surface area (Å²) in [4.78, 5) is 17.7. The molecule has 34 heavy (non-hydrogen) atoms. The summed E-state index contributed by atoms with van der Waals surface area (Å²) in [7, 11) is 1.67.